The van der Waals surface area contributed by atoms with Crippen LogP contribution in [-0.2, 0) is 20.0 Å². The van der Waals surface area contributed by atoms with Gasteiger partial charge in [-0.3, -0.25) is 4.79 Å². The standard InChI is InChI=1S/C31H31F4N3O2S/c1-30(40-2,25-20-23(33)12-14-27(25)35)29(39)38-31(21-9-4-3-5-10-21,15-8-18-37-16-6-7-17-37)41-28(36-38)24-19-22(32)11-13-26(24)34/h3-5,9-14,19-20H,6-8,15-18H2,1-2H3/t30-,31?/m0/s1. The number of likely N-dealkylation sites (tertiary alicyclic amines) is 1. The van der Waals surface area contributed by atoms with E-state index in [1.807, 2.05) is 30.3 Å². The number of amides is 1. The summed E-state index contributed by atoms with van der Waals surface area (Å²) in [5.41, 5.74) is -1.68. The number of carbonyl (C=O) groups excluding carboxylic acids is 1. The van der Waals surface area contributed by atoms with Gasteiger partial charge in [0.25, 0.3) is 5.91 Å². The molecule has 0 radical (unpaired) electrons. The van der Waals surface area contributed by atoms with E-state index in [-0.39, 0.29) is 16.2 Å². The van der Waals surface area contributed by atoms with Crippen molar-refractivity contribution in [3.05, 3.63) is 107 Å². The summed E-state index contributed by atoms with van der Waals surface area (Å²) < 4.78 is 64.3. The summed E-state index contributed by atoms with van der Waals surface area (Å²) in [7, 11) is 1.24. The summed E-state index contributed by atoms with van der Waals surface area (Å²) in [6.45, 7) is 4.12. The third-order valence-corrected chi connectivity index (χ3v) is 9.27. The first-order valence-corrected chi connectivity index (χ1v) is 14.4. The summed E-state index contributed by atoms with van der Waals surface area (Å²) in [4.78, 5) is 15.7. The first-order valence-electron chi connectivity index (χ1n) is 13.5. The lowest BCUT2D eigenvalue weighted by molar-refractivity contribution is -0.158. The second-order valence-electron chi connectivity index (χ2n) is 10.4. The van der Waals surface area contributed by atoms with Crippen molar-refractivity contribution in [2.45, 2.75) is 43.1 Å². The predicted molar refractivity (Wildman–Crippen MR) is 151 cm³/mol. The second kappa shape index (κ2) is 12.0. The first-order chi connectivity index (χ1) is 19.7. The maximum Gasteiger partial charge on any atom is 0.281 e. The smallest absolute Gasteiger partial charge is 0.281 e. The zero-order valence-electron chi connectivity index (χ0n) is 22.9. The highest BCUT2D eigenvalue weighted by Gasteiger charge is 2.54. The Morgan fingerprint density at radius 2 is 1.63 bits per heavy atom. The number of halogens is 4. The molecule has 0 spiro atoms. The fraction of sp³-hybridized carbons (Fsp3) is 0.355. The number of methoxy groups -OCH3 is 1. The molecule has 5 nitrogen and oxygen atoms in total. The zero-order chi connectivity index (χ0) is 29.2. The quantitative estimate of drug-likeness (QED) is 0.260. The third kappa shape index (κ3) is 5.65. The van der Waals surface area contributed by atoms with Crippen molar-refractivity contribution in [2.24, 2.45) is 5.10 Å². The minimum Gasteiger partial charge on any atom is -0.364 e. The Kier molecular flexibility index (Phi) is 8.54. The van der Waals surface area contributed by atoms with Gasteiger partial charge in [-0.05, 0) is 94.2 Å². The molecule has 0 bridgehead atoms. The van der Waals surface area contributed by atoms with Gasteiger partial charge in [0.1, 0.15) is 33.2 Å². The van der Waals surface area contributed by atoms with Gasteiger partial charge in [-0.1, -0.05) is 42.1 Å². The molecule has 2 aliphatic rings. The van der Waals surface area contributed by atoms with Crippen LogP contribution in [0.1, 0.15) is 49.3 Å². The third-order valence-electron chi connectivity index (χ3n) is 7.82. The minimum atomic E-state index is -1.98. The molecule has 1 saturated heterocycles. The van der Waals surface area contributed by atoms with Crippen LogP contribution in [0, 0.1) is 23.3 Å². The van der Waals surface area contributed by atoms with Gasteiger partial charge in [-0.25, -0.2) is 22.6 Å². The number of thioether (sulfide) groups is 1. The average molecular weight is 586 g/mol. The zero-order valence-corrected chi connectivity index (χ0v) is 23.7. The molecule has 41 heavy (non-hydrogen) atoms. The van der Waals surface area contributed by atoms with Crippen molar-refractivity contribution in [1.29, 1.82) is 0 Å². The molecule has 2 aliphatic heterocycles. The number of hydrogen-bond acceptors (Lipinski definition) is 5. The highest BCUT2D eigenvalue weighted by Crippen LogP contribution is 2.52. The summed E-state index contributed by atoms with van der Waals surface area (Å²) in [5, 5.41) is 5.87. The second-order valence-corrected chi connectivity index (χ2v) is 11.7. The lowest BCUT2D eigenvalue weighted by Crippen LogP contribution is -2.51. The van der Waals surface area contributed by atoms with Crippen molar-refractivity contribution in [3.8, 4) is 0 Å². The number of rotatable bonds is 9. The van der Waals surface area contributed by atoms with Crippen molar-refractivity contribution >= 4 is 22.7 Å². The number of hydrogen-bond donors (Lipinski definition) is 0. The van der Waals surface area contributed by atoms with Crippen LogP contribution in [0.3, 0.4) is 0 Å². The molecule has 0 aromatic heterocycles. The van der Waals surface area contributed by atoms with Gasteiger partial charge in [0.2, 0.25) is 0 Å². The van der Waals surface area contributed by atoms with Gasteiger partial charge >= 0.3 is 0 Å². The van der Waals surface area contributed by atoms with Crippen molar-refractivity contribution in [2.75, 3.05) is 26.7 Å². The van der Waals surface area contributed by atoms with Crippen LogP contribution in [0.25, 0.3) is 0 Å². The molecule has 216 valence electrons. The lowest BCUT2D eigenvalue weighted by atomic mass is 9.91. The molecule has 1 fully saturated rings. The van der Waals surface area contributed by atoms with Gasteiger partial charge in [0.05, 0.1) is 0 Å². The summed E-state index contributed by atoms with van der Waals surface area (Å²) in [6.07, 6.45) is 3.32. The average Bonchev–Trinajstić information content (AvgIpc) is 3.64. The van der Waals surface area contributed by atoms with E-state index in [1.54, 1.807) is 0 Å². The van der Waals surface area contributed by atoms with E-state index in [1.165, 1.54) is 19.0 Å². The SMILES string of the molecule is CO[C@](C)(C(=O)N1N=C(c2cc(F)ccc2F)SC1(CCCN1CCCC1)c1ccccc1)c1cc(F)ccc1F. The van der Waals surface area contributed by atoms with Gasteiger partial charge in [0, 0.05) is 18.2 Å². The monoisotopic (exact) mass is 585 g/mol. The fourth-order valence-corrected chi connectivity index (χ4v) is 6.90. The van der Waals surface area contributed by atoms with Crippen LogP contribution in [0.15, 0.2) is 71.8 Å². The largest absolute Gasteiger partial charge is 0.364 e. The van der Waals surface area contributed by atoms with E-state index >= 15 is 8.78 Å². The summed E-state index contributed by atoms with van der Waals surface area (Å²) in [5.74, 6) is -3.68. The van der Waals surface area contributed by atoms with Gasteiger partial charge in [0.15, 0.2) is 5.60 Å². The molecule has 1 amide bonds. The van der Waals surface area contributed by atoms with Crippen LogP contribution in [0.5, 0.6) is 0 Å². The molecule has 5 rings (SSSR count). The van der Waals surface area contributed by atoms with E-state index in [9.17, 15) is 13.6 Å². The Labute approximate surface area is 241 Å². The number of ether oxygens (including phenoxy) is 1. The molecule has 0 saturated carbocycles. The van der Waals surface area contributed by atoms with Gasteiger partial charge < -0.3 is 9.64 Å². The molecule has 0 aliphatic carbocycles. The van der Waals surface area contributed by atoms with Crippen LogP contribution < -0.4 is 0 Å². The molecule has 1 unspecified atom stereocenters. The van der Waals surface area contributed by atoms with E-state index in [0.717, 1.165) is 80.6 Å². The Bertz CT molecular complexity index is 1450. The van der Waals surface area contributed by atoms with Crippen molar-refractivity contribution < 1.29 is 27.1 Å². The molecule has 2 atom stereocenters. The normalized spacial score (nSPS) is 20.7. The molecule has 3 aromatic rings. The topological polar surface area (TPSA) is 45.1 Å². The Morgan fingerprint density at radius 1 is 0.976 bits per heavy atom. The van der Waals surface area contributed by atoms with Crippen LogP contribution in [0.2, 0.25) is 0 Å². The van der Waals surface area contributed by atoms with E-state index < -0.39 is 39.6 Å². The summed E-state index contributed by atoms with van der Waals surface area (Å²) >= 11 is 1.14. The number of benzene rings is 3. The van der Waals surface area contributed by atoms with Crippen molar-refractivity contribution in [3.63, 3.8) is 0 Å². The lowest BCUT2D eigenvalue weighted by Gasteiger charge is -2.40. The Hall–Kier alpha value is -3.21. The molecule has 3 aromatic carbocycles. The van der Waals surface area contributed by atoms with E-state index in [0.29, 0.717) is 18.4 Å². The van der Waals surface area contributed by atoms with Crippen LogP contribution >= 0.6 is 11.8 Å². The van der Waals surface area contributed by atoms with Crippen LogP contribution in [0.4, 0.5) is 17.6 Å². The Balaban J connectivity index is 1.64. The Morgan fingerprint density at radius 3 is 2.32 bits per heavy atom. The van der Waals surface area contributed by atoms with Crippen LogP contribution in [-0.4, -0.2) is 47.6 Å². The van der Waals surface area contributed by atoms with E-state index in [2.05, 4.69) is 10.0 Å². The highest BCUT2D eigenvalue weighted by molar-refractivity contribution is 8.15. The van der Waals surface area contributed by atoms with Gasteiger partial charge in [-0.15, -0.1) is 0 Å². The molecule has 10 heteroatoms. The molecule has 2 heterocycles. The van der Waals surface area contributed by atoms with Gasteiger partial charge in [-0.2, -0.15) is 5.10 Å². The maximum atomic E-state index is 15.1. The summed E-state index contributed by atoms with van der Waals surface area (Å²) in [6, 6.07) is 15.0. The molecular weight excluding hydrogens is 554 g/mol. The van der Waals surface area contributed by atoms with Crippen molar-refractivity contribution in [1.82, 2.24) is 9.91 Å². The number of nitrogens with zero attached hydrogens (tertiary/aromatic N) is 3. The maximum absolute atomic E-state index is 15.1. The fourth-order valence-electron chi connectivity index (χ4n) is 5.48. The van der Waals surface area contributed by atoms with E-state index in [4.69, 9.17) is 4.74 Å². The number of hydrazone groups is 1. The predicted octanol–water partition coefficient (Wildman–Crippen LogP) is 6.77. The molecule has 0 N–H and O–H groups in total. The first kappa shape index (κ1) is 29.3. The molecular formula is C31H31F4N3O2S. The highest BCUT2D eigenvalue weighted by atomic mass is 32.2. The number of carbonyl (C=O) groups is 1. The minimum absolute atomic E-state index is 0.0959.